The van der Waals surface area contributed by atoms with Crippen LogP contribution >= 0.6 is 34.8 Å². The maximum atomic E-state index is 13.2. The molecule has 0 aliphatic carbocycles. The molecule has 1 N–H and O–H groups in total. The second-order valence-electron chi connectivity index (χ2n) is 7.48. The molecule has 0 radical (unpaired) electrons. The molecular weight excluding hydrogens is 469 g/mol. The Bertz CT molecular complexity index is 1380. The largest absolute Gasteiger partial charge is 0.326 e. The number of amides is 1. The van der Waals surface area contributed by atoms with E-state index in [1.165, 1.54) is 0 Å². The molecule has 2 heterocycles. The number of benzene rings is 2. The van der Waals surface area contributed by atoms with E-state index in [1.807, 2.05) is 25.1 Å². The molecule has 2 aromatic carbocycles. The molecule has 0 saturated heterocycles. The SMILES string of the molecule is Cc1ccc2c(c1)c(C(=O)C(=O)Nc1ccnc(C)c1)c(Cl)n2Cc1ccc(Cl)cc1Cl. The lowest BCUT2D eigenvalue weighted by Gasteiger charge is -2.10. The van der Waals surface area contributed by atoms with Gasteiger partial charge in [-0.1, -0.05) is 52.5 Å². The van der Waals surface area contributed by atoms with Gasteiger partial charge in [0.1, 0.15) is 5.15 Å². The van der Waals surface area contributed by atoms with Crippen LogP contribution in [0.4, 0.5) is 5.69 Å². The molecule has 0 fully saturated rings. The zero-order valence-electron chi connectivity index (χ0n) is 17.2. The molecular formula is C24H18Cl3N3O2. The molecule has 4 rings (SSSR count). The number of nitrogens with zero attached hydrogens (tertiary/aromatic N) is 2. The van der Waals surface area contributed by atoms with Crippen LogP contribution in [0.1, 0.15) is 27.2 Å². The Labute approximate surface area is 199 Å². The first kappa shape index (κ1) is 22.3. The number of hydrogen-bond acceptors (Lipinski definition) is 3. The van der Waals surface area contributed by atoms with Crippen molar-refractivity contribution in [2.75, 3.05) is 5.32 Å². The standard InChI is InChI=1S/C24H18Cl3N3O2/c1-13-3-6-20-18(9-13)21(22(31)24(32)29-17-7-8-28-14(2)10-17)23(27)30(20)12-15-4-5-16(25)11-19(15)26/h3-11H,12H2,1-2H3,(H,28,29,32). The molecule has 0 aliphatic rings. The summed E-state index contributed by atoms with van der Waals surface area (Å²) in [5.74, 6) is -1.50. The number of nitrogens with one attached hydrogen (secondary N) is 1. The van der Waals surface area contributed by atoms with E-state index in [-0.39, 0.29) is 10.7 Å². The van der Waals surface area contributed by atoms with Crippen molar-refractivity contribution in [3.8, 4) is 0 Å². The predicted octanol–water partition coefficient (Wildman–Crippen LogP) is 6.48. The van der Waals surface area contributed by atoms with Gasteiger partial charge in [0.05, 0.1) is 17.6 Å². The highest BCUT2D eigenvalue weighted by molar-refractivity contribution is 6.51. The average Bonchev–Trinajstić information content (AvgIpc) is 3.00. The summed E-state index contributed by atoms with van der Waals surface area (Å²) in [7, 11) is 0. The Balaban J connectivity index is 1.77. The highest BCUT2D eigenvalue weighted by Gasteiger charge is 2.27. The van der Waals surface area contributed by atoms with Crippen LogP contribution in [0.5, 0.6) is 0 Å². The Hall–Kier alpha value is -2.86. The van der Waals surface area contributed by atoms with Gasteiger partial charge in [-0.2, -0.15) is 0 Å². The first-order valence-electron chi connectivity index (χ1n) is 9.75. The lowest BCUT2D eigenvalue weighted by Crippen LogP contribution is -2.23. The first-order chi connectivity index (χ1) is 15.2. The van der Waals surface area contributed by atoms with Crippen molar-refractivity contribution >= 4 is 63.1 Å². The molecule has 0 unspecified atom stereocenters. The lowest BCUT2D eigenvalue weighted by atomic mass is 10.1. The van der Waals surface area contributed by atoms with Crippen molar-refractivity contribution < 1.29 is 9.59 Å². The van der Waals surface area contributed by atoms with Gasteiger partial charge < -0.3 is 9.88 Å². The summed E-state index contributed by atoms with van der Waals surface area (Å²) in [6.45, 7) is 4.02. The van der Waals surface area contributed by atoms with Gasteiger partial charge in [0.25, 0.3) is 11.7 Å². The molecule has 0 saturated carbocycles. The van der Waals surface area contributed by atoms with Gasteiger partial charge >= 0.3 is 0 Å². The molecule has 0 aliphatic heterocycles. The topological polar surface area (TPSA) is 64.0 Å². The van der Waals surface area contributed by atoms with E-state index < -0.39 is 11.7 Å². The summed E-state index contributed by atoms with van der Waals surface area (Å²) >= 11 is 19.1. The smallest absolute Gasteiger partial charge is 0.296 e. The number of carbonyl (C=O) groups is 2. The van der Waals surface area contributed by atoms with Crippen LogP contribution in [0.15, 0.2) is 54.7 Å². The van der Waals surface area contributed by atoms with Crippen molar-refractivity contribution in [3.05, 3.63) is 92.3 Å². The van der Waals surface area contributed by atoms with Crippen LogP contribution in [0.25, 0.3) is 10.9 Å². The van der Waals surface area contributed by atoms with E-state index in [2.05, 4.69) is 10.3 Å². The number of hydrogen-bond donors (Lipinski definition) is 1. The van der Waals surface area contributed by atoms with E-state index in [9.17, 15) is 9.59 Å². The normalized spacial score (nSPS) is 11.0. The molecule has 2 aromatic heterocycles. The van der Waals surface area contributed by atoms with E-state index in [4.69, 9.17) is 34.8 Å². The van der Waals surface area contributed by atoms with Crippen LogP contribution in [0, 0.1) is 13.8 Å². The molecule has 32 heavy (non-hydrogen) atoms. The van der Waals surface area contributed by atoms with Gasteiger partial charge in [-0.3, -0.25) is 14.6 Å². The third kappa shape index (κ3) is 4.37. The van der Waals surface area contributed by atoms with Crippen LogP contribution in [0.2, 0.25) is 15.2 Å². The zero-order chi connectivity index (χ0) is 23.0. The van der Waals surface area contributed by atoms with Gasteiger partial charge in [-0.15, -0.1) is 0 Å². The molecule has 8 heteroatoms. The number of rotatable bonds is 5. The molecule has 4 aromatic rings. The minimum Gasteiger partial charge on any atom is -0.326 e. The Morgan fingerprint density at radius 2 is 1.78 bits per heavy atom. The molecule has 0 bridgehead atoms. The minimum atomic E-state index is -0.775. The van der Waals surface area contributed by atoms with Crippen molar-refractivity contribution in [2.24, 2.45) is 0 Å². The summed E-state index contributed by atoms with van der Waals surface area (Å²) < 4.78 is 1.77. The third-order valence-corrected chi connectivity index (χ3v) is 6.07. The average molecular weight is 487 g/mol. The van der Waals surface area contributed by atoms with E-state index in [1.54, 1.807) is 48.0 Å². The summed E-state index contributed by atoms with van der Waals surface area (Å²) in [4.78, 5) is 30.1. The summed E-state index contributed by atoms with van der Waals surface area (Å²) in [5, 5.41) is 4.41. The second kappa shape index (κ2) is 8.94. The summed E-state index contributed by atoms with van der Waals surface area (Å²) in [6.07, 6.45) is 1.56. The number of anilines is 1. The summed E-state index contributed by atoms with van der Waals surface area (Å²) in [6, 6.07) is 14.1. The van der Waals surface area contributed by atoms with Crippen molar-refractivity contribution in [1.29, 1.82) is 0 Å². The van der Waals surface area contributed by atoms with Crippen LogP contribution in [0.3, 0.4) is 0 Å². The number of Topliss-reactive ketones (excluding diaryl/α,β-unsaturated/α-hetero) is 1. The van der Waals surface area contributed by atoms with Crippen molar-refractivity contribution in [3.63, 3.8) is 0 Å². The van der Waals surface area contributed by atoms with Crippen molar-refractivity contribution in [2.45, 2.75) is 20.4 Å². The van der Waals surface area contributed by atoms with Crippen molar-refractivity contribution in [1.82, 2.24) is 9.55 Å². The van der Waals surface area contributed by atoms with Crippen LogP contribution in [-0.4, -0.2) is 21.2 Å². The number of halogens is 3. The quantitative estimate of drug-likeness (QED) is 0.259. The molecule has 1 amide bonds. The maximum absolute atomic E-state index is 13.2. The van der Waals surface area contributed by atoms with E-state index >= 15 is 0 Å². The first-order valence-corrected chi connectivity index (χ1v) is 10.9. The monoisotopic (exact) mass is 485 g/mol. The number of fused-ring (bicyclic) bond motifs is 1. The number of aromatic nitrogens is 2. The van der Waals surface area contributed by atoms with Gasteiger partial charge in [0, 0.05) is 33.0 Å². The molecule has 0 spiro atoms. The number of aryl methyl sites for hydroxylation is 2. The molecule has 0 atom stereocenters. The highest BCUT2D eigenvalue weighted by Crippen LogP contribution is 2.33. The predicted molar refractivity (Wildman–Crippen MR) is 129 cm³/mol. The highest BCUT2D eigenvalue weighted by atomic mass is 35.5. The van der Waals surface area contributed by atoms with Gasteiger partial charge in [0.2, 0.25) is 0 Å². The molecule has 162 valence electrons. The fourth-order valence-electron chi connectivity index (χ4n) is 3.55. The maximum Gasteiger partial charge on any atom is 0.296 e. The van der Waals surface area contributed by atoms with Gasteiger partial charge in [0.15, 0.2) is 0 Å². The van der Waals surface area contributed by atoms with Crippen LogP contribution in [-0.2, 0) is 11.3 Å². The zero-order valence-corrected chi connectivity index (χ0v) is 19.5. The van der Waals surface area contributed by atoms with E-state index in [0.29, 0.717) is 27.7 Å². The van der Waals surface area contributed by atoms with Gasteiger partial charge in [-0.05, 0) is 55.8 Å². The van der Waals surface area contributed by atoms with E-state index in [0.717, 1.165) is 22.3 Å². The Morgan fingerprint density at radius 3 is 2.50 bits per heavy atom. The number of ketones is 1. The fourth-order valence-corrected chi connectivity index (χ4v) is 4.36. The Morgan fingerprint density at radius 1 is 1.00 bits per heavy atom. The Kier molecular flexibility index (Phi) is 6.24. The van der Waals surface area contributed by atoms with Crippen LogP contribution < -0.4 is 5.32 Å². The summed E-state index contributed by atoms with van der Waals surface area (Å²) in [5.41, 5.74) is 3.81. The van der Waals surface area contributed by atoms with Gasteiger partial charge in [-0.25, -0.2) is 0 Å². The molecule has 5 nitrogen and oxygen atoms in total. The lowest BCUT2D eigenvalue weighted by molar-refractivity contribution is -0.112. The third-order valence-electron chi connectivity index (χ3n) is 5.09. The minimum absolute atomic E-state index is 0.152. The second-order valence-corrected chi connectivity index (χ2v) is 8.68. The number of pyridine rings is 1. The fraction of sp³-hybridized carbons (Fsp3) is 0.125. The number of carbonyl (C=O) groups excluding carboxylic acids is 2.